The Hall–Kier alpha value is -0.160. The van der Waals surface area contributed by atoms with Gasteiger partial charge in [0.05, 0.1) is 18.3 Å². The van der Waals surface area contributed by atoms with Gasteiger partial charge in [0.15, 0.2) is 0 Å². The highest BCUT2D eigenvalue weighted by molar-refractivity contribution is 4.93. The SMILES string of the molecule is CC1CC(NCC2(O)CCOC2C)CC(C)O1. The summed E-state index contributed by atoms with van der Waals surface area (Å²) in [6, 6.07) is 0.450. The number of hydrogen-bond acceptors (Lipinski definition) is 4. The third-order valence-corrected chi connectivity index (χ3v) is 4.05. The molecule has 0 saturated carbocycles. The standard InChI is InChI=1S/C13H25NO3/c1-9-6-12(7-10(2)17-9)14-8-13(15)4-5-16-11(13)3/h9-12,14-15H,4-8H2,1-3H3. The molecule has 2 heterocycles. The van der Waals surface area contributed by atoms with Crippen molar-refractivity contribution in [1.29, 1.82) is 0 Å². The fraction of sp³-hybridized carbons (Fsp3) is 1.00. The van der Waals surface area contributed by atoms with E-state index < -0.39 is 5.60 Å². The number of hydrogen-bond donors (Lipinski definition) is 2. The Labute approximate surface area is 104 Å². The molecule has 0 bridgehead atoms. The van der Waals surface area contributed by atoms with Crippen molar-refractivity contribution in [2.45, 2.75) is 70.0 Å². The molecule has 0 aromatic heterocycles. The molecule has 2 rings (SSSR count). The third-order valence-electron chi connectivity index (χ3n) is 4.05. The van der Waals surface area contributed by atoms with Gasteiger partial charge in [-0.1, -0.05) is 0 Å². The van der Waals surface area contributed by atoms with Gasteiger partial charge in [0.25, 0.3) is 0 Å². The van der Waals surface area contributed by atoms with E-state index in [0.717, 1.165) is 19.3 Å². The molecule has 2 fully saturated rings. The maximum Gasteiger partial charge on any atom is 0.105 e. The zero-order valence-corrected chi connectivity index (χ0v) is 11.1. The summed E-state index contributed by atoms with van der Waals surface area (Å²) in [6.45, 7) is 7.46. The second-order valence-electron chi connectivity index (χ2n) is 5.67. The van der Waals surface area contributed by atoms with Crippen LogP contribution in [0.2, 0.25) is 0 Å². The van der Waals surface area contributed by atoms with Gasteiger partial charge in [-0.3, -0.25) is 0 Å². The van der Waals surface area contributed by atoms with Crippen LogP contribution < -0.4 is 5.32 Å². The molecule has 0 aromatic carbocycles. The maximum atomic E-state index is 10.4. The van der Waals surface area contributed by atoms with Crippen molar-refractivity contribution in [3.05, 3.63) is 0 Å². The highest BCUT2D eigenvalue weighted by Gasteiger charge is 2.40. The molecule has 2 aliphatic rings. The van der Waals surface area contributed by atoms with E-state index in [-0.39, 0.29) is 6.10 Å². The lowest BCUT2D eigenvalue weighted by Crippen LogP contribution is -2.51. The quantitative estimate of drug-likeness (QED) is 0.778. The van der Waals surface area contributed by atoms with Gasteiger partial charge in [-0.05, 0) is 33.6 Å². The van der Waals surface area contributed by atoms with Crippen LogP contribution >= 0.6 is 0 Å². The van der Waals surface area contributed by atoms with E-state index in [2.05, 4.69) is 19.2 Å². The van der Waals surface area contributed by atoms with Crippen molar-refractivity contribution >= 4 is 0 Å². The normalized spacial score (nSPS) is 47.3. The Morgan fingerprint density at radius 2 is 1.88 bits per heavy atom. The molecule has 0 aliphatic carbocycles. The van der Waals surface area contributed by atoms with E-state index in [1.54, 1.807) is 0 Å². The first-order valence-electron chi connectivity index (χ1n) is 6.72. The molecule has 4 heteroatoms. The Morgan fingerprint density at radius 1 is 1.24 bits per heavy atom. The van der Waals surface area contributed by atoms with Gasteiger partial charge < -0.3 is 19.9 Å². The Balaban J connectivity index is 1.81. The van der Waals surface area contributed by atoms with Gasteiger partial charge in [-0.15, -0.1) is 0 Å². The van der Waals surface area contributed by atoms with Gasteiger partial charge in [-0.25, -0.2) is 0 Å². The number of aliphatic hydroxyl groups is 1. The molecule has 2 aliphatic heterocycles. The first-order chi connectivity index (χ1) is 7.99. The lowest BCUT2D eigenvalue weighted by atomic mass is 9.94. The average Bonchev–Trinajstić information content (AvgIpc) is 2.56. The second kappa shape index (κ2) is 5.22. The average molecular weight is 243 g/mol. The highest BCUT2D eigenvalue weighted by Crippen LogP contribution is 2.26. The minimum absolute atomic E-state index is 0.0651. The van der Waals surface area contributed by atoms with Crippen molar-refractivity contribution in [1.82, 2.24) is 5.32 Å². The fourth-order valence-corrected chi connectivity index (χ4v) is 2.90. The maximum absolute atomic E-state index is 10.4. The highest BCUT2D eigenvalue weighted by atomic mass is 16.5. The van der Waals surface area contributed by atoms with Crippen molar-refractivity contribution in [2.75, 3.05) is 13.2 Å². The van der Waals surface area contributed by atoms with Crippen molar-refractivity contribution in [3.8, 4) is 0 Å². The Morgan fingerprint density at radius 3 is 2.41 bits per heavy atom. The summed E-state index contributed by atoms with van der Waals surface area (Å²) in [5, 5.41) is 13.9. The lowest BCUT2D eigenvalue weighted by molar-refractivity contribution is -0.0544. The summed E-state index contributed by atoms with van der Waals surface area (Å²) in [4.78, 5) is 0. The summed E-state index contributed by atoms with van der Waals surface area (Å²) < 4.78 is 11.1. The Kier molecular flexibility index (Phi) is 4.08. The lowest BCUT2D eigenvalue weighted by Gasteiger charge is -2.35. The first kappa shape index (κ1) is 13.3. The number of ether oxygens (including phenoxy) is 2. The van der Waals surface area contributed by atoms with Gasteiger partial charge in [0.1, 0.15) is 5.60 Å². The topological polar surface area (TPSA) is 50.7 Å². The zero-order chi connectivity index (χ0) is 12.5. The van der Waals surface area contributed by atoms with E-state index in [9.17, 15) is 5.11 Å². The molecule has 0 aromatic rings. The molecular weight excluding hydrogens is 218 g/mol. The van der Waals surface area contributed by atoms with Crippen LogP contribution in [0.1, 0.15) is 40.0 Å². The summed E-state index contributed by atoms with van der Waals surface area (Å²) in [5.74, 6) is 0. The smallest absolute Gasteiger partial charge is 0.105 e. The van der Waals surface area contributed by atoms with Crippen LogP contribution in [0.5, 0.6) is 0 Å². The van der Waals surface area contributed by atoms with Gasteiger partial charge >= 0.3 is 0 Å². The molecule has 100 valence electrons. The van der Waals surface area contributed by atoms with E-state index in [1.165, 1.54) is 0 Å². The fourth-order valence-electron chi connectivity index (χ4n) is 2.90. The van der Waals surface area contributed by atoms with Crippen molar-refractivity contribution < 1.29 is 14.6 Å². The van der Waals surface area contributed by atoms with Gasteiger partial charge in [0, 0.05) is 25.6 Å². The third kappa shape index (κ3) is 3.19. The molecule has 0 amide bonds. The van der Waals surface area contributed by atoms with Crippen molar-refractivity contribution in [2.24, 2.45) is 0 Å². The van der Waals surface area contributed by atoms with Gasteiger partial charge in [0.2, 0.25) is 0 Å². The van der Waals surface area contributed by atoms with Crippen LogP contribution in [-0.4, -0.2) is 48.2 Å². The predicted octanol–water partition coefficient (Wildman–Crippen LogP) is 1.07. The van der Waals surface area contributed by atoms with Crippen LogP contribution in [0, 0.1) is 0 Å². The Bertz CT molecular complexity index is 251. The largest absolute Gasteiger partial charge is 0.386 e. The molecule has 4 atom stereocenters. The van der Waals surface area contributed by atoms with Crippen LogP contribution in [-0.2, 0) is 9.47 Å². The van der Waals surface area contributed by atoms with Crippen molar-refractivity contribution in [3.63, 3.8) is 0 Å². The van der Waals surface area contributed by atoms with Crippen LogP contribution in [0.3, 0.4) is 0 Å². The van der Waals surface area contributed by atoms with Crippen LogP contribution in [0.15, 0.2) is 0 Å². The van der Waals surface area contributed by atoms with E-state index in [0.29, 0.717) is 31.4 Å². The summed E-state index contributed by atoms with van der Waals surface area (Å²) in [5.41, 5.74) is -0.690. The van der Waals surface area contributed by atoms with E-state index >= 15 is 0 Å². The molecule has 4 nitrogen and oxygen atoms in total. The molecule has 0 radical (unpaired) electrons. The van der Waals surface area contributed by atoms with E-state index in [1.807, 2.05) is 6.92 Å². The zero-order valence-electron chi connectivity index (χ0n) is 11.1. The number of rotatable bonds is 3. The molecule has 17 heavy (non-hydrogen) atoms. The van der Waals surface area contributed by atoms with Gasteiger partial charge in [-0.2, -0.15) is 0 Å². The van der Waals surface area contributed by atoms with Crippen LogP contribution in [0.4, 0.5) is 0 Å². The molecular formula is C13H25NO3. The summed E-state index contributed by atoms with van der Waals surface area (Å²) >= 11 is 0. The predicted molar refractivity (Wildman–Crippen MR) is 66.0 cm³/mol. The number of nitrogens with one attached hydrogen (secondary N) is 1. The monoisotopic (exact) mass is 243 g/mol. The summed E-state index contributed by atoms with van der Waals surface area (Å²) in [6.07, 6.45) is 3.33. The van der Waals surface area contributed by atoms with Crippen LogP contribution in [0.25, 0.3) is 0 Å². The first-order valence-corrected chi connectivity index (χ1v) is 6.72. The molecule has 0 spiro atoms. The minimum atomic E-state index is -0.690. The van der Waals surface area contributed by atoms with E-state index in [4.69, 9.17) is 9.47 Å². The second-order valence-corrected chi connectivity index (χ2v) is 5.67. The minimum Gasteiger partial charge on any atom is -0.386 e. The molecule has 2 N–H and O–H groups in total. The molecule has 2 saturated heterocycles. The summed E-state index contributed by atoms with van der Waals surface area (Å²) in [7, 11) is 0. The molecule has 4 unspecified atom stereocenters.